The lowest BCUT2D eigenvalue weighted by atomic mass is 10.2. The van der Waals surface area contributed by atoms with E-state index < -0.39 is 5.97 Å². The van der Waals surface area contributed by atoms with Crippen molar-refractivity contribution in [1.29, 1.82) is 0 Å². The summed E-state index contributed by atoms with van der Waals surface area (Å²) < 4.78 is 7.51. The Morgan fingerprint density at radius 3 is 2.72 bits per heavy atom. The number of rotatable bonds is 7. The molecule has 1 aliphatic carbocycles. The van der Waals surface area contributed by atoms with Gasteiger partial charge in [-0.3, -0.25) is 14.5 Å². The topological polar surface area (TPSA) is 87.9 Å². The van der Waals surface area contributed by atoms with E-state index in [1.54, 1.807) is 21.5 Å². The molecule has 0 radical (unpaired) electrons. The summed E-state index contributed by atoms with van der Waals surface area (Å²) in [6.07, 6.45) is 2.03. The summed E-state index contributed by atoms with van der Waals surface area (Å²) in [7, 11) is 1.74. The fraction of sp³-hybridized carbons (Fsp3) is 0.476. The largest absolute Gasteiger partial charge is 0.480 e. The van der Waals surface area contributed by atoms with Gasteiger partial charge >= 0.3 is 5.97 Å². The maximum absolute atomic E-state index is 13.4. The number of para-hydroxylation sites is 1. The first-order valence-electron chi connectivity index (χ1n) is 9.98. The Hall–Kier alpha value is -2.71. The third kappa shape index (κ3) is 4.65. The van der Waals surface area contributed by atoms with Crippen molar-refractivity contribution < 1.29 is 19.4 Å². The molecule has 1 atom stereocenters. The van der Waals surface area contributed by atoms with Gasteiger partial charge in [0.2, 0.25) is 0 Å². The Morgan fingerprint density at radius 1 is 1.28 bits per heavy atom. The molecule has 1 N–H and O–H groups in total. The van der Waals surface area contributed by atoms with E-state index >= 15 is 0 Å². The van der Waals surface area contributed by atoms with Crippen LogP contribution in [0.15, 0.2) is 36.4 Å². The second kappa shape index (κ2) is 8.34. The smallest absolute Gasteiger partial charge is 0.317 e. The molecule has 1 unspecified atom stereocenters. The molecule has 2 aliphatic rings. The van der Waals surface area contributed by atoms with Crippen LogP contribution in [0.3, 0.4) is 0 Å². The summed E-state index contributed by atoms with van der Waals surface area (Å²) in [6, 6.07) is 11.6. The molecule has 0 bridgehead atoms. The van der Waals surface area contributed by atoms with Crippen molar-refractivity contribution in [1.82, 2.24) is 19.6 Å². The number of ether oxygens (including phenoxy) is 1. The SMILES string of the molecule is CN(CC(=O)O)CC1CN(C(=O)c2cc(C3CC3)nn2-c2ccccc2)CCO1. The van der Waals surface area contributed by atoms with Crippen LogP contribution in [0.1, 0.15) is 34.9 Å². The molecule has 1 aliphatic heterocycles. The van der Waals surface area contributed by atoms with Gasteiger partial charge in [0.1, 0.15) is 5.69 Å². The highest BCUT2D eigenvalue weighted by atomic mass is 16.5. The van der Waals surface area contributed by atoms with Gasteiger partial charge in [0.05, 0.1) is 30.6 Å². The van der Waals surface area contributed by atoms with E-state index in [4.69, 9.17) is 14.9 Å². The fourth-order valence-electron chi connectivity index (χ4n) is 3.72. The quantitative estimate of drug-likeness (QED) is 0.762. The second-order valence-electron chi connectivity index (χ2n) is 7.81. The fourth-order valence-corrected chi connectivity index (χ4v) is 3.72. The van der Waals surface area contributed by atoms with Gasteiger partial charge in [-0.1, -0.05) is 18.2 Å². The van der Waals surface area contributed by atoms with Crippen LogP contribution in [0.25, 0.3) is 5.69 Å². The van der Waals surface area contributed by atoms with Gasteiger partial charge in [0, 0.05) is 25.6 Å². The Kier molecular flexibility index (Phi) is 5.64. The Labute approximate surface area is 169 Å². The van der Waals surface area contributed by atoms with E-state index in [1.807, 2.05) is 36.4 Å². The number of likely N-dealkylation sites (N-methyl/N-ethyl adjacent to an activating group) is 1. The zero-order valence-corrected chi connectivity index (χ0v) is 16.5. The average molecular weight is 398 g/mol. The monoisotopic (exact) mass is 398 g/mol. The molecule has 2 heterocycles. The molecule has 29 heavy (non-hydrogen) atoms. The Bertz CT molecular complexity index is 878. The predicted molar refractivity (Wildman–Crippen MR) is 106 cm³/mol. The van der Waals surface area contributed by atoms with Crippen LogP contribution in [0.2, 0.25) is 0 Å². The number of carbonyl (C=O) groups is 2. The van der Waals surface area contributed by atoms with Crippen molar-refractivity contribution in [3.8, 4) is 5.69 Å². The highest BCUT2D eigenvalue weighted by molar-refractivity contribution is 5.93. The van der Waals surface area contributed by atoms with Gasteiger partial charge < -0.3 is 14.7 Å². The molecule has 0 spiro atoms. The van der Waals surface area contributed by atoms with Crippen molar-refractivity contribution in [2.45, 2.75) is 24.9 Å². The summed E-state index contributed by atoms with van der Waals surface area (Å²) in [5, 5.41) is 13.7. The first kappa shape index (κ1) is 19.6. The number of morpholine rings is 1. The molecule has 1 amide bonds. The molecule has 2 fully saturated rings. The lowest BCUT2D eigenvalue weighted by Crippen LogP contribution is -2.50. The number of carbonyl (C=O) groups excluding carboxylic acids is 1. The first-order chi connectivity index (χ1) is 14.0. The third-order valence-corrected chi connectivity index (χ3v) is 5.29. The van der Waals surface area contributed by atoms with E-state index in [0.29, 0.717) is 37.9 Å². The van der Waals surface area contributed by atoms with Crippen LogP contribution in [0, 0.1) is 0 Å². The summed E-state index contributed by atoms with van der Waals surface area (Å²) in [5.41, 5.74) is 2.41. The number of hydrogen-bond acceptors (Lipinski definition) is 5. The van der Waals surface area contributed by atoms with Crippen LogP contribution in [0.5, 0.6) is 0 Å². The van der Waals surface area contributed by atoms with Gasteiger partial charge in [-0.25, -0.2) is 4.68 Å². The van der Waals surface area contributed by atoms with Crippen LogP contribution >= 0.6 is 0 Å². The molecule has 8 heteroatoms. The number of carboxylic acid groups (broad SMARTS) is 1. The molecule has 1 aromatic heterocycles. The minimum absolute atomic E-state index is 0.0562. The van der Waals surface area contributed by atoms with E-state index in [1.165, 1.54) is 0 Å². The first-order valence-corrected chi connectivity index (χ1v) is 9.98. The van der Waals surface area contributed by atoms with Crippen molar-refractivity contribution in [3.63, 3.8) is 0 Å². The van der Waals surface area contributed by atoms with Crippen LogP contribution in [0.4, 0.5) is 0 Å². The third-order valence-electron chi connectivity index (χ3n) is 5.29. The maximum Gasteiger partial charge on any atom is 0.317 e. The zero-order chi connectivity index (χ0) is 20.4. The number of nitrogens with zero attached hydrogens (tertiary/aromatic N) is 4. The molecule has 4 rings (SSSR count). The Balaban J connectivity index is 1.52. The number of amides is 1. The van der Waals surface area contributed by atoms with Crippen LogP contribution in [-0.2, 0) is 9.53 Å². The number of benzene rings is 1. The molecule has 1 saturated carbocycles. The normalized spacial score (nSPS) is 19.5. The molecule has 2 aromatic rings. The number of aliphatic carboxylic acids is 1. The molecular weight excluding hydrogens is 372 g/mol. The van der Waals surface area contributed by atoms with Gasteiger partial charge in [-0.05, 0) is 38.1 Å². The van der Waals surface area contributed by atoms with Gasteiger partial charge in [-0.2, -0.15) is 5.10 Å². The number of carboxylic acids is 1. The number of aromatic nitrogens is 2. The molecule has 154 valence electrons. The molecule has 8 nitrogen and oxygen atoms in total. The molecular formula is C21H26N4O4. The average Bonchev–Trinajstić information content (AvgIpc) is 3.46. The summed E-state index contributed by atoms with van der Waals surface area (Å²) >= 11 is 0. The van der Waals surface area contributed by atoms with Crippen LogP contribution < -0.4 is 0 Å². The van der Waals surface area contributed by atoms with Gasteiger partial charge in [0.15, 0.2) is 0 Å². The number of hydrogen-bond donors (Lipinski definition) is 1. The van der Waals surface area contributed by atoms with Gasteiger partial charge in [-0.15, -0.1) is 0 Å². The standard InChI is InChI=1S/C21H26N4O4/c1-23(14-20(26)27)12-17-13-24(9-10-29-17)21(28)19-11-18(15-7-8-15)22-25(19)16-5-3-2-4-6-16/h2-6,11,15,17H,7-10,12-14H2,1H3,(H,26,27). The predicted octanol–water partition coefficient (Wildman–Crippen LogP) is 1.61. The van der Waals surface area contributed by atoms with Gasteiger partial charge in [0.25, 0.3) is 5.91 Å². The maximum atomic E-state index is 13.4. The lowest BCUT2D eigenvalue weighted by molar-refractivity contribution is -0.138. The lowest BCUT2D eigenvalue weighted by Gasteiger charge is -2.34. The molecule has 1 saturated heterocycles. The minimum Gasteiger partial charge on any atom is -0.480 e. The minimum atomic E-state index is -0.879. The van der Waals surface area contributed by atoms with Crippen molar-refractivity contribution in [3.05, 3.63) is 47.8 Å². The second-order valence-corrected chi connectivity index (χ2v) is 7.81. The highest BCUT2D eigenvalue weighted by Crippen LogP contribution is 2.39. The van der Waals surface area contributed by atoms with E-state index in [2.05, 4.69) is 0 Å². The summed E-state index contributed by atoms with van der Waals surface area (Å²) in [5.74, 6) is -0.494. The van der Waals surface area contributed by atoms with E-state index in [9.17, 15) is 9.59 Å². The van der Waals surface area contributed by atoms with Crippen molar-refractivity contribution >= 4 is 11.9 Å². The summed E-state index contributed by atoms with van der Waals surface area (Å²) in [4.78, 5) is 27.7. The van der Waals surface area contributed by atoms with Crippen molar-refractivity contribution in [2.75, 3.05) is 39.8 Å². The molecule has 1 aromatic carbocycles. The van der Waals surface area contributed by atoms with E-state index in [-0.39, 0.29) is 18.6 Å². The summed E-state index contributed by atoms with van der Waals surface area (Å²) in [6.45, 7) is 1.78. The van der Waals surface area contributed by atoms with Crippen molar-refractivity contribution in [2.24, 2.45) is 0 Å². The zero-order valence-electron chi connectivity index (χ0n) is 16.5. The highest BCUT2D eigenvalue weighted by Gasteiger charge is 2.32. The van der Waals surface area contributed by atoms with Crippen LogP contribution in [-0.4, -0.2) is 82.5 Å². The van der Waals surface area contributed by atoms with E-state index in [0.717, 1.165) is 24.2 Å². The Morgan fingerprint density at radius 2 is 2.03 bits per heavy atom.